The molecule has 1 saturated carbocycles. The molecule has 0 saturated heterocycles. The summed E-state index contributed by atoms with van der Waals surface area (Å²) < 4.78 is 0. The van der Waals surface area contributed by atoms with Crippen molar-refractivity contribution in [2.24, 2.45) is 5.92 Å². The third-order valence-electron chi connectivity index (χ3n) is 7.39. The van der Waals surface area contributed by atoms with E-state index in [-0.39, 0.29) is 22.2 Å². The van der Waals surface area contributed by atoms with Crippen LogP contribution in [-0.4, -0.2) is 10.6 Å². The summed E-state index contributed by atoms with van der Waals surface area (Å²) in [7, 11) is 0. The normalized spacial score (nSPS) is 25.8. The van der Waals surface area contributed by atoms with Gasteiger partial charge < -0.3 is 10.2 Å². The highest BCUT2D eigenvalue weighted by atomic mass is 16.6. The van der Waals surface area contributed by atoms with Crippen molar-refractivity contribution in [1.29, 1.82) is 0 Å². The molecule has 0 aromatic heterocycles. The van der Waals surface area contributed by atoms with E-state index in [0.717, 1.165) is 41.9 Å². The van der Waals surface area contributed by atoms with Gasteiger partial charge in [-0.05, 0) is 36.5 Å². The highest BCUT2D eigenvalue weighted by molar-refractivity contribution is 5.94. The Balaban J connectivity index is 1.60. The number of nitro groups is 1. The summed E-state index contributed by atoms with van der Waals surface area (Å²) in [5.74, 6) is 0.650. The van der Waals surface area contributed by atoms with Gasteiger partial charge in [0.2, 0.25) is 0 Å². The molecule has 1 aliphatic carbocycles. The number of hydrogen-bond donors (Lipinski definition) is 1. The highest BCUT2D eigenvalue weighted by Gasteiger charge is 2.56. The molecule has 6 rings (SSSR count). The molecule has 1 N–H and O–H groups in total. The summed E-state index contributed by atoms with van der Waals surface area (Å²) in [5.41, 5.74) is 5.34. The second-order valence-electron chi connectivity index (χ2n) is 9.05. The Hall–Kier alpha value is -3.60. The van der Waals surface area contributed by atoms with Gasteiger partial charge in [-0.15, -0.1) is 0 Å². The standard InChI is InChI=1S/C27H25N3O2/c31-30(32)21-14-15-24-26(17-21)29-25(20-11-5-2-6-12-20)18-22(19-9-3-1-4-10-19)23-13-7-8-16-27(23,29)28-24/h1-6,9-12,14-15,17-18,22-23,28H,7-8,13,16H2/t22-,23+,27+/m0/s1. The molecule has 3 aromatic carbocycles. The first kappa shape index (κ1) is 19.1. The van der Waals surface area contributed by atoms with Gasteiger partial charge in [0.15, 0.2) is 0 Å². The third-order valence-corrected chi connectivity index (χ3v) is 7.39. The number of benzene rings is 3. The fourth-order valence-corrected chi connectivity index (χ4v) is 6.06. The van der Waals surface area contributed by atoms with Crippen LogP contribution in [0.4, 0.5) is 17.1 Å². The van der Waals surface area contributed by atoms with Crippen LogP contribution in [0, 0.1) is 16.0 Å². The second kappa shape index (κ2) is 7.23. The molecule has 1 fully saturated rings. The van der Waals surface area contributed by atoms with Gasteiger partial charge in [-0.1, -0.05) is 73.2 Å². The van der Waals surface area contributed by atoms with Crippen LogP contribution in [0.2, 0.25) is 0 Å². The topological polar surface area (TPSA) is 58.4 Å². The van der Waals surface area contributed by atoms with Crippen molar-refractivity contribution in [3.63, 3.8) is 0 Å². The van der Waals surface area contributed by atoms with Gasteiger partial charge in [0.05, 0.1) is 16.3 Å². The van der Waals surface area contributed by atoms with Crippen LogP contribution in [0.25, 0.3) is 5.70 Å². The predicted molar refractivity (Wildman–Crippen MR) is 127 cm³/mol. The first-order valence-corrected chi connectivity index (χ1v) is 11.4. The van der Waals surface area contributed by atoms with E-state index in [1.54, 1.807) is 12.1 Å². The Morgan fingerprint density at radius 3 is 2.47 bits per heavy atom. The lowest BCUT2D eigenvalue weighted by atomic mass is 9.66. The lowest BCUT2D eigenvalue weighted by molar-refractivity contribution is -0.384. The molecule has 3 atom stereocenters. The smallest absolute Gasteiger partial charge is 0.271 e. The summed E-state index contributed by atoms with van der Waals surface area (Å²) in [6.45, 7) is 0. The second-order valence-corrected chi connectivity index (χ2v) is 9.05. The van der Waals surface area contributed by atoms with Crippen molar-refractivity contribution in [2.75, 3.05) is 10.2 Å². The zero-order chi connectivity index (χ0) is 21.7. The summed E-state index contributed by atoms with van der Waals surface area (Å²) >= 11 is 0. The number of nitrogens with one attached hydrogen (secondary N) is 1. The molecule has 1 spiro atoms. The number of nitro benzene ring substituents is 1. The summed E-state index contributed by atoms with van der Waals surface area (Å²) in [6.07, 6.45) is 6.87. The Kier molecular flexibility index (Phi) is 4.32. The SMILES string of the molecule is O=[N+]([O-])c1ccc2c(c1)N1C(c3ccccc3)=C[C@@H](c3ccccc3)[C@H]3CCCC[C@]31N2. The van der Waals surface area contributed by atoms with Gasteiger partial charge in [-0.3, -0.25) is 10.1 Å². The number of non-ortho nitro benzene ring substituents is 1. The van der Waals surface area contributed by atoms with Crippen molar-refractivity contribution >= 4 is 22.8 Å². The minimum Gasteiger partial charge on any atom is -0.360 e. The zero-order valence-electron chi connectivity index (χ0n) is 17.8. The fraction of sp³-hybridized carbons (Fsp3) is 0.259. The minimum absolute atomic E-state index is 0.132. The molecule has 0 bridgehead atoms. The van der Waals surface area contributed by atoms with Crippen LogP contribution in [0.1, 0.15) is 42.7 Å². The van der Waals surface area contributed by atoms with Gasteiger partial charge >= 0.3 is 0 Å². The number of anilines is 2. The van der Waals surface area contributed by atoms with E-state index in [2.05, 4.69) is 70.9 Å². The van der Waals surface area contributed by atoms with Crippen molar-refractivity contribution in [1.82, 2.24) is 0 Å². The van der Waals surface area contributed by atoms with Crippen LogP contribution in [0.3, 0.4) is 0 Å². The van der Waals surface area contributed by atoms with Crippen molar-refractivity contribution in [2.45, 2.75) is 37.3 Å². The number of rotatable bonds is 3. The molecule has 32 heavy (non-hydrogen) atoms. The van der Waals surface area contributed by atoms with Crippen LogP contribution in [-0.2, 0) is 0 Å². The van der Waals surface area contributed by atoms with E-state index >= 15 is 0 Å². The molecular formula is C27H25N3O2. The molecule has 2 aliphatic heterocycles. The van der Waals surface area contributed by atoms with E-state index in [4.69, 9.17) is 0 Å². The molecule has 160 valence electrons. The maximum absolute atomic E-state index is 11.6. The molecule has 5 nitrogen and oxygen atoms in total. The Morgan fingerprint density at radius 2 is 1.72 bits per heavy atom. The molecule has 3 aliphatic rings. The summed E-state index contributed by atoms with van der Waals surface area (Å²) in [6, 6.07) is 26.4. The van der Waals surface area contributed by atoms with E-state index < -0.39 is 0 Å². The Bertz CT molecular complexity index is 1210. The quantitative estimate of drug-likeness (QED) is 0.383. The third kappa shape index (κ3) is 2.77. The zero-order valence-corrected chi connectivity index (χ0v) is 17.8. The van der Waals surface area contributed by atoms with Crippen molar-refractivity contribution < 1.29 is 4.92 Å². The van der Waals surface area contributed by atoms with E-state index in [0.29, 0.717) is 5.92 Å². The van der Waals surface area contributed by atoms with Crippen LogP contribution >= 0.6 is 0 Å². The largest absolute Gasteiger partial charge is 0.360 e. The molecule has 3 aromatic rings. The summed E-state index contributed by atoms with van der Waals surface area (Å²) in [4.78, 5) is 13.7. The lowest BCUT2D eigenvalue weighted by Crippen LogP contribution is -2.60. The van der Waals surface area contributed by atoms with Crippen molar-refractivity contribution in [3.8, 4) is 0 Å². The van der Waals surface area contributed by atoms with E-state index in [1.807, 2.05) is 12.1 Å². The van der Waals surface area contributed by atoms with Crippen LogP contribution < -0.4 is 10.2 Å². The molecule has 5 heteroatoms. The minimum atomic E-state index is -0.299. The van der Waals surface area contributed by atoms with Crippen molar-refractivity contribution in [3.05, 3.63) is 106 Å². The predicted octanol–water partition coefficient (Wildman–Crippen LogP) is 6.55. The number of hydrogen-bond acceptors (Lipinski definition) is 4. The van der Waals surface area contributed by atoms with Gasteiger partial charge in [0.1, 0.15) is 5.66 Å². The molecule has 0 unspecified atom stereocenters. The first-order valence-electron chi connectivity index (χ1n) is 11.4. The number of fused-ring (bicyclic) bond motifs is 2. The maximum Gasteiger partial charge on any atom is 0.271 e. The number of nitrogens with zero attached hydrogens (tertiary/aromatic N) is 2. The maximum atomic E-state index is 11.6. The molecule has 2 heterocycles. The van der Waals surface area contributed by atoms with Crippen LogP contribution in [0.5, 0.6) is 0 Å². The summed E-state index contributed by atoms with van der Waals surface area (Å²) in [5, 5.41) is 15.5. The average molecular weight is 424 g/mol. The Labute approximate surface area is 187 Å². The fourth-order valence-electron chi connectivity index (χ4n) is 6.06. The van der Waals surface area contributed by atoms with Gasteiger partial charge in [0.25, 0.3) is 5.69 Å². The van der Waals surface area contributed by atoms with E-state index in [1.165, 1.54) is 12.0 Å². The monoisotopic (exact) mass is 423 g/mol. The number of allylic oxidation sites excluding steroid dienone is 1. The van der Waals surface area contributed by atoms with Gasteiger partial charge in [-0.25, -0.2) is 0 Å². The van der Waals surface area contributed by atoms with Gasteiger partial charge in [0, 0.05) is 29.7 Å². The molecular weight excluding hydrogens is 398 g/mol. The van der Waals surface area contributed by atoms with Gasteiger partial charge in [-0.2, -0.15) is 0 Å². The molecule has 0 amide bonds. The van der Waals surface area contributed by atoms with Crippen LogP contribution in [0.15, 0.2) is 84.9 Å². The van der Waals surface area contributed by atoms with E-state index in [9.17, 15) is 10.1 Å². The highest BCUT2D eigenvalue weighted by Crippen LogP contribution is 2.59. The Morgan fingerprint density at radius 1 is 0.969 bits per heavy atom. The molecule has 0 radical (unpaired) electrons. The first-order chi connectivity index (χ1) is 15.7. The lowest BCUT2D eigenvalue weighted by Gasteiger charge is -2.54. The average Bonchev–Trinajstić information content (AvgIpc) is 3.17.